The van der Waals surface area contributed by atoms with E-state index in [9.17, 15) is 14.7 Å². The molecule has 0 aliphatic carbocycles. The van der Waals surface area contributed by atoms with Crippen LogP contribution in [0.15, 0.2) is 17.7 Å². The molecular weight excluding hydrogens is 320 g/mol. The Balaban J connectivity index is 2.58. The third-order valence-electron chi connectivity index (χ3n) is 4.10. The molecule has 0 saturated carbocycles. The monoisotopic (exact) mass is 346 g/mol. The average Bonchev–Trinajstić information content (AvgIpc) is 2.79. The quantitative estimate of drug-likeness (QED) is 0.764. The van der Waals surface area contributed by atoms with Crippen LogP contribution < -0.4 is 5.73 Å². The Hall–Kier alpha value is -2.34. The lowest BCUT2D eigenvalue weighted by Crippen LogP contribution is -2.35. The van der Waals surface area contributed by atoms with E-state index in [-0.39, 0.29) is 23.2 Å². The third-order valence-corrected chi connectivity index (χ3v) is 4.10. The second kappa shape index (κ2) is 6.19. The van der Waals surface area contributed by atoms with Crippen LogP contribution in [0.1, 0.15) is 58.2 Å². The Morgan fingerprint density at radius 3 is 2.00 bits per heavy atom. The number of hydroxylamine groups is 2. The molecule has 136 valence electrons. The molecule has 0 unspecified atom stereocenters. The van der Waals surface area contributed by atoms with Crippen molar-refractivity contribution in [3.05, 3.63) is 34.4 Å². The first-order chi connectivity index (χ1) is 11.3. The molecule has 0 atom stereocenters. The molecule has 2 rings (SSSR count). The Bertz CT molecular complexity index is 717. The van der Waals surface area contributed by atoms with Gasteiger partial charge >= 0.3 is 6.03 Å². The molecular formula is C19H26N2O4. The van der Waals surface area contributed by atoms with Crippen LogP contribution in [0.2, 0.25) is 0 Å². The molecule has 0 radical (unpaired) electrons. The van der Waals surface area contributed by atoms with Crippen LogP contribution in [-0.4, -0.2) is 28.7 Å². The van der Waals surface area contributed by atoms with Crippen LogP contribution in [-0.2, 0) is 20.5 Å². The fraction of sp³-hybridized carbons (Fsp3) is 0.474. The molecule has 0 spiro atoms. The maximum Gasteiger partial charge on any atom is 0.346 e. The van der Waals surface area contributed by atoms with Crippen molar-refractivity contribution in [2.75, 3.05) is 6.61 Å². The molecule has 1 aromatic carbocycles. The lowest BCUT2D eigenvalue weighted by atomic mass is 9.78. The zero-order chi connectivity index (χ0) is 19.2. The predicted molar refractivity (Wildman–Crippen MR) is 95.9 cm³/mol. The van der Waals surface area contributed by atoms with Gasteiger partial charge in [0.1, 0.15) is 12.4 Å². The fourth-order valence-corrected chi connectivity index (χ4v) is 2.74. The first-order valence-electron chi connectivity index (χ1n) is 8.17. The number of phenols is 1. The van der Waals surface area contributed by atoms with Gasteiger partial charge in [0.2, 0.25) is 0 Å². The summed E-state index contributed by atoms with van der Waals surface area (Å²) in [7, 11) is 0. The van der Waals surface area contributed by atoms with Crippen molar-refractivity contribution >= 4 is 18.0 Å². The highest BCUT2D eigenvalue weighted by Gasteiger charge is 2.32. The van der Waals surface area contributed by atoms with Gasteiger partial charge in [-0.25, -0.2) is 4.79 Å². The van der Waals surface area contributed by atoms with Gasteiger partial charge < -0.3 is 10.8 Å². The van der Waals surface area contributed by atoms with Gasteiger partial charge in [0, 0.05) is 16.7 Å². The van der Waals surface area contributed by atoms with Crippen molar-refractivity contribution < 1.29 is 19.5 Å². The van der Waals surface area contributed by atoms with Crippen LogP contribution in [0.4, 0.5) is 4.79 Å². The van der Waals surface area contributed by atoms with Crippen LogP contribution in [0.3, 0.4) is 0 Å². The number of rotatable bonds is 1. The third kappa shape index (κ3) is 3.85. The first-order valence-corrected chi connectivity index (χ1v) is 8.17. The molecule has 25 heavy (non-hydrogen) atoms. The molecule has 1 aliphatic heterocycles. The second-order valence-corrected chi connectivity index (χ2v) is 8.35. The highest BCUT2D eigenvalue weighted by Crippen LogP contribution is 2.40. The smallest absolute Gasteiger partial charge is 0.346 e. The van der Waals surface area contributed by atoms with E-state index in [1.165, 1.54) is 0 Å². The molecule has 6 heteroatoms. The Morgan fingerprint density at radius 1 is 1.16 bits per heavy atom. The number of hydrogen-bond donors (Lipinski definition) is 2. The molecule has 0 bridgehead atoms. The lowest BCUT2D eigenvalue weighted by Gasteiger charge is -2.28. The molecule has 1 fully saturated rings. The molecule has 1 saturated heterocycles. The van der Waals surface area contributed by atoms with Gasteiger partial charge in [0.15, 0.2) is 0 Å². The summed E-state index contributed by atoms with van der Waals surface area (Å²) in [6.07, 6.45) is 1.68. The van der Waals surface area contributed by atoms with Crippen LogP contribution in [0, 0.1) is 0 Å². The van der Waals surface area contributed by atoms with Crippen LogP contribution >= 0.6 is 0 Å². The number of urea groups is 1. The topological polar surface area (TPSA) is 92.9 Å². The van der Waals surface area contributed by atoms with Crippen molar-refractivity contribution in [2.24, 2.45) is 5.73 Å². The Labute approximate surface area is 148 Å². The van der Waals surface area contributed by atoms with Gasteiger partial charge in [-0.15, -0.1) is 5.06 Å². The number of benzene rings is 1. The average molecular weight is 346 g/mol. The van der Waals surface area contributed by atoms with E-state index in [4.69, 9.17) is 10.6 Å². The van der Waals surface area contributed by atoms with Gasteiger partial charge in [-0.3, -0.25) is 9.63 Å². The number of aromatic hydroxyl groups is 1. The maximum atomic E-state index is 12.2. The first kappa shape index (κ1) is 19.0. The van der Waals surface area contributed by atoms with E-state index in [1.54, 1.807) is 6.08 Å². The predicted octanol–water partition coefficient (Wildman–Crippen LogP) is 3.22. The lowest BCUT2D eigenvalue weighted by molar-refractivity contribution is -0.146. The largest absolute Gasteiger partial charge is 0.507 e. The molecule has 3 amide bonds. The minimum absolute atomic E-state index is 0.0155. The number of carbonyl (C=O) groups excluding carboxylic acids is 2. The van der Waals surface area contributed by atoms with E-state index in [0.29, 0.717) is 10.6 Å². The summed E-state index contributed by atoms with van der Waals surface area (Å²) in [6, 6.07) is 2.78. The van der Waals surface area contributed by atoms with Crippen molar-refractivity contribution in [3.63, 3.8) is 0 Å². The Morgan fingerprint density at radius 2 is 1.64 bits per heavy atom. The highest BCUT2D eigenvalue weighted by atomic mass is 16.7. The van der Waals surface area contributed by atoms with E-state index < -0.39 is 11.9 Å². The standard InChI is InChI=1S/C19H26N2O4/c1-18(2,3)13-8-11(9-14(15(13)22)19(4,5)6)7-12-10-25-21(16(12)23)17(20)24/h7-9,22H,10H2,1-6H3,(H2,20,24)/b12-7+. The molecule has 6 nitrogen and oxygen atoms in total. The number of primary amides is 1. The summed E-state index contributed by atoms with van der Waals surface area (Å²) in [5, 5.41) is 11.3. The molecule has 1 heterocycles. The second-order valence-electron chi connectivity index (χ2n) is 8.35. The fourth-order valence-electron chi connectivity index (χ4n) is 2.74. The normalized spacial score (nSPS) is 17.4. The van der Waals surface area contributed by atoms with Gasteiger partial charge in [-0.2, -0.15) is 0 Å². The highest BCUT2D eigenvalue weighted by molar-refractivity contribution is 6.06. The zero-order valence-corrected chi connectivity index (χ0v) is 15.6. The van der Waals surface area contributed by atoms with E-state index in [0.717, 1.165) is 16.7 Å². The summed E-state index contributed by atoms with van der Waals surface area (Å²) >= 11 is 0. The molecule has 3 N–H and O–H groups in total. The SMILES string of the molecule is CC(C)(C)c1cc(/C=C2\CON(C(N)=O)C2=O)cc(C(C)(C)C)c1O. The Kier molecular flexibility index (Phi) is 4.70. The molecule has 0 aromatic heterocycles. The van der Waals surface area contributed by atoms with Gasteiger partial charge in [0.05, 0.1) is 0 Å². The van der Waals surface area contributed by atoms with Crippen LogP contribution in [0.5, 0.6) is 5.75 Å². The number of hydrogen-bond acceptors (Lipinski definition) is 4. The number of phenolic OH excluding ortho intramolecular Hbond substituents is 1. The number of amides is 3. The van der Waals surface area contributed by atoms with Crippen molar-refractivity contribution in [1.82, 2.24) is 5.06 Å². The van der Waals surface area contributed by atoms with Crippen molar-refractivity contribution in [1.29, 1.82) is 0 Å². The summed E-state index contributed by atoms with van der Waals surface area (Å²) in [4.78, 5) is 28.4. The van der Waals surface area contributed by atoms with Crippen molar-refractivity contribution in [2.45, 2.75) is 52.4 Å². The molecule has 1 aromatic rings. The van der Waals surface area contributed by atoms with E-state index in [2.05, 4.69) is 0 Å². The van der Waals surface area contributed by atoms with Gasteiger partial charge in [0.25, 0.3) is 5.91 Å². The van der Waals surface area contributed by atoms with Gasteiger partial charge in [-0.05, 0) is 34.6 Å². The summed E-state index contributed by atoms with van der Waals surface area (Å²) in [5.74, 6) is -0.287. The number of nitrogens with two attached hydrogens (primary N) is 1. The van der Waals surface area contributed by atoms with Crippen LogP contribution in [0.25, 0.3) is 6.08 Å². The number of imide groups is 1. The summed E-state index contributed by atoms with van der Waals surface area (Å²) < 4.78 is 0. The summed E-state index contributed by atoms with van der Waals surface area (Å²) in [5.41, 5.74) is 7.27. The summed E-state index contributed by atoms with van der Waals surface area (Å²) in [6.45, 7) is 12.1. The minimum Gasteiger partial charge on any atom is -0.507 e. The van der Waals surface area contributed by atoms with Gasteiger partial charge in [-0.1, -0.05) is 41.5 Å². The van der Waals surface area contributed by atoms with E-state index in [1.807, 2.05) is 53.7 Å². The number of carbonyl (C=O) groups is 2. The van der Waals surface area contributed by atoms with Crippen molar-refractivity contribution in [3.8, 4) is 5.75 Å². The zero-order valence-electron chi connectivity index (χ0n) is 15.6. The van der Waals surface area contributed by atoms with E-state index >= 15 is 0 Å². The number of nitrogens with zero attached hydrogens (tertiary/aromatic N) is 1. The minimum atomic E-state index is -0.940. The maximum absolute atomic E-state index is 12.2. The molecule has 1 aliphatic rings.